The van der Waals surface area contributed by atoms with Crippen molar-refractivity contribution in [3.05, 3.63) is 12.7 Å². The van der Waals surface area contributed by atoms with E-state index in [2.05, 4.69) is 39.7 Å². The molecule has 0 aromatic carbocycles. The van der Waals surface area contributed by atoms with Crippen molar-refractivity contribution in [1.82, 2.24) is 25.4 Å². The number of guanidine groups is 1. The van der Waals surface area contributed by atoms with E-state index >= 15 is 0 Å². The predicted octanol–water partition coefficient (Wildman–Crippen LogP) is 2.29. The molecule has 0 aliphatic rings. The molecule has 1 rings (SSSR count). The Morgan fingerprint density at radius 2 is 1.83 bits per heavy atom. The summed E-state index contributed by atoms with van der Waals surface area (Å²) in [4.78, 5) is 4.25. The van der Waals surface area contributed by atoms with Gasteiger partial charge in [-0.3, -0.25) is 4.99 Å². The molecule has 0 aliphatic heterocycles. The fraction of sp³-hybridized carbons (Fsp3) is 0.812. The lowest BCUT2D eigenvalue weighted by Crippen LogP contribution is -2.39. The lowest BCUT2D eigenvalue weighted by atomic mass is 10.0. The highest BCUT2D eigenvalue weighted by Crippen LogP contribution is 2.09. The van der Waals surface area contributed by atoms with Crippen molar-refractivity contribution >= 4 is 29.9 Å². The quantitative estimate of drug-likeness (QED) is 0.233. The molecule has 0 fully saturated rings. The van der Waals surface area contributed by atoms with Crippen LogP contribution in [-0.2, 0) is 11.3 Å². The highest BCUT2D eigenvalue weighted by atomic mass is 127. The van der Waals surface area contributed by atoms with E-state index in [-0.39, 0.29) is 24.0 Å². The summed E-state index contributed by atoms with van der Waals surface area (Å²) in [5.41, 5.74) is 0. The van der Waals surface area contributed by atoms with Crippen molar-refractivity contribution in [2.24, 2.45) is 10.9 Å². The van der Waals surface area contributed by atoms with Gasteiger partial charge in [0, 0.05) is 33.3 Å². The number of aliphatic imine (C=N–C) groups is 1. The van der Waals surface area contributed by atoms with Crippen molar-refractivity contribution in [2.45, 2.75) is 52.7 Å². The summed E-state index contributed by atoms with van der Waals surface area (Å²) in [5, 5.41) is 14.3. The summed E-state index contributed by atoms with van der Waals surface area (Å²) in [6, 6.07) is 0. The van der Waals surface area contributed by atoms with Crippen LogP contribution in [-0.4, -0.2) is 53.6 Å². The van der Waals surface area contributed by atoms with Crippen molar-refractivity contribution in [3.8, 4) is 0 Å². The van der Waals surface area contributed by atoms with Gasteiger partial charge in [0.05, 0.1) is 6.10 Å². The number of ether oxygens (including phenoxy) is 1. The Balaban J connectivity index is 0.00000529. The van der Waals surface area contributed by atoms with Gasteiger partial charge in [-0.25, -0.2) is 0 Å². The van der Waals surface area contributed by atoms with Crippen LogP contribution < -0.4 is 10.6 Å². The van der Waals surface area contributed by atoms with Gasteiger partial charge in [0.1, 0.15) is 12.7 Å². The number of aromatic nitrogens is 3. The molecule has 0 saturated heterocycles. The van der Waals surface area contributed by atoms with Gasteiger partial charge in [0.15, 0.2) is 5.96 Å². The maximum Gasteiger partial charge on any atom is 0.190 e. The molecule has 0 radical (unpaired) electrons. The van der Waals surface area contributed by atoms with Crippen LogP contribution in [0.3, 0.4) is 0 Å². The molecule has 0 amide bonds. The van der Waals surface area contributed by atoms with E-state index in [4.69, 9.17) is 4.74 Å². The van der Waals surface area contributed by atoms with Gasteiger partial charge in [-0.15, -0.1) is 34.2 Å². The first kappa shape index (κ1) is 23.1. The topological polar surface area (TPSA) is 76.4 Å². The minimum Gasteiger partial charge on any atom is -0.378 e. The molecule has 0 aliphatic carbocycles. The Kier molecular flexibility index (Phi) is 13.9. The maximum absolute atomic E-state index is 5.75. The fourth-order valence-electron chi connectivity index (χ4n) is 2.34. The Hall–Kier alpha value is -0.900. The van der Waals surface area contributed by atoms with Crippen molar-refractivity contribution in [1.29, 1.82) is 0 Å². The highest BCUT2D eigenvalue weighted by molar-refractivity contribution is 14.0. The molecule has 140 valence electrons. The van der Waals surface area contributed by atoms with Gasteiger partial charge in [0.2, 0.25) is 0 Å². The summed E-state index contributed by atoms with van der Waals surface area (Å²) in [5.74, 6) is 1.39. The molecule has 0 bridgehead atoms. The van der Waals surface area contributed by atoms with E-state index in [9.17, 15) is 0 Å². The Labute approximate surface area is 163 Å². The Morgan fingerprint density at radius 3 is 2.42 bits per heavy atom. The molecule has 24 heavy (non-hydrogen) atoms. The van der Waals surface area contributed by atoms with Crippen LogP contribution >= 0.6 is 24.0 Å². The van der Waals surface area contributed by atoms with Crippen LogP contribution in [0.1, 0.15) is 40.0 Å². The third-order valence-electron chi connectivity index (χ3n) is 3.67. The normalized spacial score (nSPS) is 12.8. The molecule has 8 heteroatoms. The SMILES string of the molecule is CCOC(CCNC(=NC)NCCCCn1cnnc1)C(C)C.I. The molecular weight excluding hydrogens is 419 g/mol. The van der Waals surface area contributed by atoms with Gasteiger partial charge >= 0.3 is 0 Å². The molecule has 1 heterocycles. The monoisotopic (exact) mass is 452 g/mol. The molecular formula is C16H33IN6O. The number of aryl methyl sites for hydroxylation is 1. The zero-order valence-corrected chi connectivity index (χ0v) is 17.7. The van der Waals surface area contributed by atoms with Crippen molar-refractivity contribution < 1.29 is 4.74 Å². The number of nitrogens with one attached hydrogen (secondary N) is 2. The second-order valence-corrected chi connectivity index (χ2v) is 5.86. The molecule has 1 aromatic rings. The average molecular weight is 452 g/mol. The largest absolute Gasteiger partial charge is 0.378 e. The van der Waals surface area contributed by atoms with E-state index in [1.54, 1.807) is 19.7 Å². The number of nitrogens with zero attached hydrogens (tertiary/aromatic N) is 4. The fourth-order valence-corrected chi connectivity index (χ4v) is 2.34. The first-order valence-corrected chi connectivity index (χ1v) is 8.55. The van der Waals surface area contributed by atoms with Gasteiger partial charge in [-0.2, -0.15) is 0 Å². The van der Waals surface area contributed by atoms with Crippen LogP contribution in [0, 0.1) is 5.92 Å². The van der Waals surface area contributed by atoms with Gasteiger partial charge in [0.25, 0.3) is 0 Å². The molecule has 0 saturated carbocycles. The van der Waals surface area contributed by atoms with E-state index < -0.39 is 0 Å². The summed E-state index contributed by atoms with van der Waals surface area (Å²) in [6.45, 7) is 9.92. The minimum atomic E-state index is 0. The second-order valence-electron chi connectivity index (χ2n) is 5.86. The average Bonchev–Trinajstić information content (AvgIpc) is 3.05. The van der Waals surface area contributed by atoms with Crippen LogP contribution in [0.5, 0.6) is 0 Å². The summed E-state index contributed by atoms with van der Waals surface area (Å²) in [6.07, 6.45) is 6.94. The van der Waals surface area contributed by atoms with E-state index in [1.165, 1.54) is 0 Å². The molecule has 7 nitrogen and oxygen atoms in total. The van der Waals surface area contributed by atoms with Gasteiger partial charge < -0.3 is 19.9 Å². The summed E-state index contributed by atoms with van der Waals surface area (Å²) < 4.78 is 7.75. The smallest absolute Gasteiger partial charge is 0.190 e. The summed E-state index contributed by atoms with van der Waals surface area (Å²) >= 11 is 0. The first-order chi connectivity index (χ1) is 11.2. The van der Waals surface area contributed by atoms with Gasteiger partial charge in [-0.1, -0.05) is 13.8 Å². The first-order valence-electron chi connectivity index (χ1n) is 8.55. The number of halogens is 1. The van der Waals surface area contributed by atoms with Crippen LogP contribution in [0.4, 0.5) is 0 Å². The van der Waals surface area contributed by atoms with Crippen LogP contribution in [0.15, 0.2) is 17.6 Å². The van der Waals surface area contributed by atoms with Crippen molar-refractivity contribution in [2.75, 3.05) is 26.7 Å². The van der Waals surface area contributed by atoms with E-state index in [0.29, 0.717) is 12.0 Å². The lowest BCUT2D eigenvalue weighted by molar-refractivity contribution is 0.0258. The molecule has 0 spiro atoms. The zero-order valence-electron chi connectivity index (χ0n) is 15.4. The predicted molar refractivity (Wildman–Crippen MR) is 109 cm³/mol. The number of unbranched alkanes of at least 4 members (excludes halogenated alkanes) is 1. The number of hydrogen-bond donors (Lipinski definition) is 2. The number of rotatable bonds is 11. The lowest BCUT2D eigenvalue weighted by Gasteiger charge is -2.21. The van der Waals surface area contributed by atoms with Gasteiger partial charge in [-0.05, 0) is 32.1 Å². The zero-order chi connectivity index (χ0) is 16.9. The maximum atomic E-state index is 5.75. The van der Waals surface area contributed by atoms with E-state index in [0.717, 1.165) is 51.5 Å². The third kappa shape index (κ3) is 10.1. The highest BCUT2D eigenvalue weighted by Gasteiger charge is 2.12. The van der Waals surface area contributed by atoms with Crippen molar-refractivity contribution in [3.63, 3.8) is 0 Å². The Bertz CT molecular complexity index is 424. The minimum absolute atomic E-state index is 0. The Morgan fingerprint density at radius 1 is 1.17 bits per heavy atom. The molecule has 1 unspecified atom stereocenters. The van der Waals surface area contributed by atoms with Crippen LogP contribution in [0.2, 0.25) is 0 Å². The second kappa shape index (κ2) is 14.4. The molecule has 1 atom stereocenters. The van der Waals surface area contributed by atoms with E-state index in [1.807, 2.05) is 11.5 Å². The summed E-state index contributed by atoms with van der Waals surface area (Å²) in [7, 11) is 1.80. The third-order valence-corrected chi connectivity index (χ3v) is 3.67. The number of hydrogen-bond acceptors (Lipinski definition) is 4. The molecule has 2 N–H and O–H groups in total. The molecule has 1 aromatic heterocycles. The standard InChI is InChI=1S/C16H32N6O.HI/c1-5-23-15(14(2)3)8-10-19-16(17-4)18-9-6-7-11-22-12-20-21-13-22;/h12-15H,5-11H2,1-4H3,(H2,17,18,19);1H. The van der Waals surface area contributed by atoms with Crippen LogP contribution in [0.25, 0.3) is 0 Å².